The van der Waals surface area contributed by atoms with Gasteiger partial charge < -0.3 is 14.2 Å². The first-order valence-corrected chi connectivity index (χ1v) is 11.7. The van der Waals surface area contributed by atoms with Crippen LogP contribution in [0.25, 0.3) is 6.08 Å². The van der Waals surface area contributed by atoms with Gasteiger partial charge in [-0.3, -0.25) is 4.79 Å². The Morgan fingerprint density at radius 1 is 0.838 bits per heavy atom. The molecular formula is C31H26F2O4. The number of allylic oxidation sites excluding steroid dienone is 1. The molecule has 188 valence electrons. The summed E-state index contributed by atoms with van der Waals surface area (Å²) in [6.45, 7) is -2.62. The molecule has 4 aromatic rings. The summed E-state index contributed by atoms with van der Waals surface area (Å²) in [6.07, 6.45) is 3.89. The van der Waals surface area contributed by atoms with Crippen molar-refractivity contribution in [3.05, 3.63) is 131 Å². The number of halogens is 2. The fourth-order valence-electron chi connectivity index (χ4n) is 3.85. The molecule has 0 saturated carbocycles. The minimum atomic E-state index is -2.91. The maximum Gasteiger partial charge on any atom is 0.387 e. The normalized spacial score (nSPS) is 11.0. The molecule has 0 saturated heterocycles. The first-order chi connectivity index (χ1) is 18.0. The second-order valence-corrected chi connectivity index (χ2v) is 8.23. The zero-order chi connectivity index (χ0) is 26.0. The Bertz CT molecular complexity index is 1350. The van der Waals surface area contributed by atoms with Gasteiger partial charge in [0.05, 0.1) is 7.11 Å². The topological polar surface area (TPSA) is 44.8 Å². The maximum absolute atomic E-state index is 12.5. The van der Waals surface area contributed by atoms with E-state index in [1.807, 2.05) is 54.6 Å². The monoisotopic (exact) mass is 500 g/mol. The molecule has 0 unspecified atom stereocenters. The maximum atomic E-state index is 12.5. The van der Waals surface area contributed by atoms with Crippen molar-refractivity contribution in [3.8, 4) is 17.2 Å². The highest BCUT2D eigenvalue weighted by atomic mass is 19.3. The number of para-hydroxylation sites is 1. The van der Waals surface area contributed by atoms with Crippen molar-refractivity contribution < 1.29 is 27.8 Å². The van der Waals surface area contributed by atoms with E-state index in [2.05, 4.69) is 22.9 Å². The van der Waals surface area contributed by atoms with Crippen LogP contribution in [-0.2, 0) is 13.0 Å². The Labute approximate surface area is 214 Å². The van der Waals surface area contributed by atoms with Crippen molar-refractivity contribution >= 4 is 11.9 Å². The number of methoxy groups -OCH3 is 1. The van der Waals surface area contributed by atoms with Gasteiger partial charge in [0.25, 0.3) is 0 Å². The zero-order valence-corrected chi connectivity index (χ0v) is 20.3. The average molecular weight is 501 g/mol. The van der Waals surface area contributed by atoms with Crippen LogP contribution in [0, 0.1) is 0 Å². The van der Waals surface area contributed by atoms with Gasteiger partial charge in [0.1, 0.15) is 23.9 Å². The molecule has 0 radical (unpaired) electrons. The third-order valence-electron chi connectivity index (χ3n) is 5.69. The van der Waals surface area contributed by atoms with E-state index >= 15 is 0 Å². The lowest BCUT2D eigenvalue weighted by Crippen LogP contribution is -2.02. The number of ether oxygens (including phenoxy) is 3. The van der Waals surface area contributed by atoms with Crippen LogP contribution in [0.2, 0.25) is 0 Å². The van der Waals surface area contributed by atoms with Crippen LogP contribution in [0.4, 0.5) is 8.78 Å². The van der Waals surface area contributed by atoms with E-state index in [4.69, 9.17) is 9.47 Å². The number of hydrogen-bond acceptors (Lipinski definition) is 4. The highest BCUT2D eigenvalue weighted by Crippen LogP contribution is 2.26. The van der Waals surface area contributed by atoms with Gasteiger partial charge >= 0.3 is 6.61 Å². The molecule has 0 spiro atoms. The number of carbonyl (C=O) groups is 1. The summed E-state index contributed by atoms with van der Waals surface area (Å²) in [6, 6.07) is 29.3. The Morgan fingerprint density at radius 2 is 1.57 bits per heavy atom. The summed E-state index contributed by atoms with van der Waals surface area (Å²) in [5.41, 5.74) is 4.27. The van der Waals surface area contributed by atoms with Crippen LogP contribution < -0.4 is 14.2 Å². The lowest BCUT2D eigenvalue weighted by molar-refractivity contribution is -0.0498. The van der Waals surface area contributed by atoms with Gasteiger partial charge in [-0.05, 0) is 65.2 Å². The van der Waals surface area contributed by atoms with Gasteiger partial charge in [-0.1, -0.05) is 60.7 Å². The fraction of sp³-hybridized carbons (Fsp3) is 0.129. The number of ketones is 1. The third kappa shape index (κ3) is 7.27. The van der Waals surface area contributed by atoms with Crippen LogP contribution in [0.5, 0.6) is 17.2 Å². The first-order valence-electron chi connectivity index (χ1n) is 11.7. The molecule has 6 heteroatoms. The van der Waals surface area contributed by atoms with Gasteiger partial charge in [0.2, 0.25) is 0 Å². The molecule has 0 aliphatic rings. The molecular weight excluding hydrogens is 474 g/mol. The molecule has 37 heavy (non-hydrogen) atoms. The molecule has 0 aliphatic heterocycles. The molecule has 0 aliphatic carbocycles. The van der Waals surface area contributed by atoms with E-state index in [1.165, 1.54) is 35.9 Å². The van der Waals surface area contributed by atoms with Crippen molar-refractivity contribution in [2.75, 3.05) is 7.11 Å². The predicted molar refractivity (Wildman–Crippen MR) is 139 cm³/mol. The van der Waals surface area contributed by atoms with E-state index in [-0.39, 0.29) is 18.1 Å². The lowest BCUT2D eigenvalue weighted by atomic mass is 10.0. The van der Waals surface area contributed by atoms with Crippen LogP contribution in [0.15, 0.2) is 103 Å². The minimum Gasteiger partial charge on any atom is -0.496 e. The van der Waals surface area contributed by atoms with Crippen LogP contribution in [0.3, 0.4) is 0 Å². The minimum absolute atomic E-state index is 0.000618. The second kappa shape index (κ2) is 12.5. The van der Waals surface area contributed by atoms with Crippen LogP contribution in [0.1, 0.15) is 32.6 Å². The molecule has 0 aromatic heterocycles. The van der Waals surface area contributed by atoms with Crippen LogP contribution in [-0.4, -0.2) is 19.5 Å². The summed E-state index contributed by atoms with van der Waals surface area (Å²) >= 11 is 0. The number of carbonyl (C=O) groups excluding carboxylic acids is 1. The van der Waals surface area contributed by atoms with Gasteiger partial charge in [0, 0.05) is 17.5 Å². The van der Waals surface area contributed by atoms with E-state index in [0.717, 1.165) is 28.9 Å². The van der Waals surface area contributed by atoms with E-state index < -0.39 is 6.61 Å². The van der Waals surface area contributed by atoms with E-state index in [0.29, 0.717) is 11.3 Å². The van der Waals surface area contributed by atoms with Gasteiger partial charge in [0.15, 0.2) is 5.78 Å². The first kappa shape index (κ1) is 25.6. The zero-order valence-electron chi connectivity index (χ0n) is 20.3. The van der Waals surface area contributed by atoms with Crippen molar-refractivity contribution in [3.63, 3.8) is 0 Å². The fourth-order valence-corrected chi connectivity index (χ4v) is 3.85. The highest BCUT2D eigenvalue weighted by Gasteiger charge is 2.10. The van der Waals surface area contributed by atoms with Crippen LogP contribution >= 0.6 is 0 Å². The summed E-state index contributed by atoms with van der Waals surface area (Å²) in [7, 11) is 1.60. The SMILES string of the molecule is COc1ccc(/C=C/C(=O)c2ccc(OC(F)F)cc2)cc1COc1ccccc1Cc1ccccc1. The molecule has 0 amide bonds. The van der Waals surface area contributed by atoms with Gasteiger partial charge in [-0.25, -0.2) is 0 Å². The van der Waals surface area contributed by atoms with Crippen molar-refractivity contribution in [2.24, 2.45) is 0 Å². The smallest absolute Gasteiger partial charge is 0.387 e. The quantitative estimate of drug-likeness (QED) is 0.159. The Morgan fingerprint density at radius 3 is 2.30 bits per heavy atom. The average Bonchev–Trinajstić information content (AvgIpc) is 2.92. The second-order valence-electron chi connectivity index (χ2n) is 8.23. The van der Waals surface area contributed by atoms with Crippen molar-refractivity contribution in [1.29, 1.82) is 0 Å². The molecule has 4 rings (SSSR count). The van der Waals surface area contributed by atoms with Gasteiger partial charge in [-0.2, -0.15) is 8.78 Å². The molecule has 0 N–H and O–H groups in total. The Balaban J connectivity index is 1.45. The Hall–Kier alpha value is -4.45. The molecule has 4 aromatic carbocycles. The highest BCUT2D eigenvalue weighted by molar-refractivity contribution is 6.06. The summed E-state index contributed by atoms with van der Waals surface area (Å²) in [4.78, 5) is 12.5. The van der Waals surface area contributed by atoms with Gasteiger partial charge in [-0.15, -0.1) is 0 Å². The summed E-state index contributed by atoms with van der Waals surface area (Å²) in [5, 5.41) is 0. The largest absolute Gasteiger partial charge is 0.496 e. The number of hydrogen-bond donors (Lipinski definition) is 0. The number of benzene rings is 4. The molecule has 4 nitrogen and oxygen atoms in total. The molecule has 0 heterocycles. The summed E-state index contributed by atoms with van der Waals surface area (Å²) < 4.78 is 40.7. The van der Waals surface area contributed by atoms with E-state index in [1.54, 1.807) is 13.2 Å². The molecule has 0 fully saturated rings. The number of rotatable bonds is 11. The Kier molecular flexibility index (Phi) is 8.66. The third-order valence-corrected chi connectivity index (χ3v) is 5.69. The number of alkyl halides is 2. The molecule has 0 atom stereocenters. The summed E-state index contributed by atoms with van der Waals surface area (Å²) in [5.74, 6) is 1.22. The predicted octanol–water partition coefficient (Wildman–Crippen LogP) is 7.36. The van der Waals surface area contributed by atoms with Crippen molar-refractivity contribution in [1.82, 2.24) is 0 Å². The van der Waals surface area contributed by atoms with Crippen molar-refractivity contribution in [2.45, 2.75) is 19.6 Å². The van der Waals surface area contributed by atoms with E-state index in [9.17, 15) is 13.6 Å². The standard InChI is InChI=1S/C31H26F2O4/c1-35-29-18-12-23(11-17-28(34)24-13-15-27(16-14-24)37-31(32)33)20-26(29)21-36-30-10-6-5-9-25(30)19-22-7-3-2-4-8-22/h2-18,20,31H,19,21H2,1H3/b17-11+. The molecule has 0 bridgehead atoms. The lowest BCUT2D eigenvalue weighted by Gasteiger charge is -2.14.